The van der Waals surface area contributed by atoms with E-state index in [-0.39, 0.29) is 18.1 Å². The molecule has 0 unspecified atom stereocenters. The highest BCUT2D eigenvalue weighted by molar-refractivity contribution is 5.87. The molecule has 4 atom stereocenters. The Kier molecular flexibility index (Phi) is 23.5. The average Bonchev–Trinajstić information content (AvgIpc) is 3.85. The van der Waals surface area contributed by atoms with Gasteiger partial charge in [0.2, 0.25) is 0 Å². The van der Waals surface area contributed by atoms with E-state index in [1.165, 1.54) is 38.2 Å². The van der Waals surface area contributed by atoms with E-state index in [2.05, 4.69) is 37.4 Å². The highest BCUT2D eigenvalue weighted by Crippen LogP contribution is 2.34. The second kappa shape index (κ2) is 29.2. The molecule has 59 heavy (non-hydrogen) atoms. The molecule has 0 aliphatic carbocycles. The maximum atomic E-state index is 12.7. The molecule has 10 nitrogen and oxygen atoms in total. The largest absolute Gasteiger partial charge is 0.494 e. The van der Waals surface area contributed by atoms with Gasteiger partial charge in [0.25, 0.3) is 5.95 Å². The maximum Gasteiger partial charge on any atom is 0.331 e. The Bertz CT molecular complexity index is 1520. The summed E-state index contributed by atoms with van der Waals surface area (Å²) in [6, 6.07) is 15.9. The van der Waals surface area contributed by atoms with E-state index in [4.69, 9.17) is 42.6 Å². The molecule has 4 rings (SSSR count). The molecular formula is C49H70O10. The summed E-state index contributed by atoms with van der Waals surface area (Å²) in [6.07, 6.45) is 22.3. The van der Waals surface area contributed by atoms with Crippen molar-refractivity contribution in [3.63, 3.8) is 0 Å². The minimum absolute atomic E-state index is 0.0686. The van der Waals surface area contributed by atoms with Gasteiger partial charge in [-0.1, -0.05) is 93.7 Å². The van der Waals surface area contributed by atoms with Gasteiger partial charge in [-0.15, -0.1) is 0 Å². The minimum Gasteiger partial charge on any atom is -0.494 e. The molecule has 2 aliphatic heterocycles. The quantitative estimate of drug-likeness (QED) is 0.0299. The molecule has 0 bridgehead atoms. The Morgan fingerprint density at radius 3 is 1.88 bits per heavy atom. The summed E-state index contributed by atoms with van der Waals surface area (Å²) in [5.74, 6) is 1.55. The van der Waals surface area contributed by atoms with Crippen molar-refractivity contribution in [2.75, 3.05) is 67.1 Å². The lowest BCUT2D eigenvalue weighted by atomic mass is 9.99. The molecule has 2 aliphatic rings. The highest BCUT2D eigenvalue weighted by atomic mass is 16.7. The lowest BCUT2D eigenvalue weighted by molar-refractivity contribution is -0.147. The van der Waals surface area contributed by atoms with Crippen LogP contribution in [0, 0.1) is 5.92 Å². The predicted molar refractivity (Wildman–Crippen MR) is 234 cm³/mol. The summed E-state index contributed by atoms with van der Waals surface area (Å²) in [4.78, 5) is 12.7. The van der Waals surface area contributed by atoms with E-state index in [0.717, 1.165) is 100 Å². The monoisotopic (exact) mass is 818 g/mol. The Morgan fingerprint density at radius 2 is 1.20 bits per heavy atom. The van der Waals surface area contributed by atoms with Gasteiger partial charge in [-0.2, -0.15) is 0 Å². The normalized spacial score (nSPS) is 18.6. The van der Waals surface area contributed by atoms with Crippen molar-refractivity contribution < 1.29 is 47.4 Å². The SMILES string of the molecule is C=C(OC)OCCCCCCCCCCOc1ccc(/C=C/C(=O)O[C@@H]2CO[C@H]3[C@@H]2OC[C@H]3C=Cc2ccc(C(=C)OCCCCCOCCCCCOC)cc2)cc1. The van der Waals surface area contributed by atoms with Gasteiger partial charge in [-0.3, -0.25) is 0 Å². The van der Waals surface area contributed by atoms with Crippen molar-refractivity contribution in [2.45, 2.75) is 108 Å². The van der Waals surface area contributed by atoms with Crippen LogP contribution in [0.15, 0.2) is 79.8 Å². The zero-order valence-electron chi connectivity index (χ0n) is 35.8. The number of fused-ring (bicyclic) bond motifs is 1. The standard InChI is InChI=1S/C49H70O10/c1-39(54-34-18-12-15-33-53-32-14-11-13-31-51-3)43-25-19-41(20-26-43)21-27-44-37-57-49-46(38-58-48(44)49)59-47(50)30-24-42-22-28-45(29-23-42)56-36-17-10-8-6-5-7-9-16-35-55-40(2)52-4/h19-30,44,46,48-49H,1-2,5-18,31-38H2,3-4H3/b27-21?,30-24+/t44-,46-,48-,49-/m1/s1. The third-order valence-electron chi connectivity index (χ3n) is 10.5. The summed E-state index contributed by atoms with van der Waals surface area (Å²) < 4.78 is 50.7. The Hall–Kier alpha value is -4.09. The topological polar surface area (TPSA) is 100 Å². The van der Waals surface area contributed by atoms with Gasteiger partial charge in [0.1, 0.15) is 17.6 Å². The molecule has 0 saturated carbocycles. The molecule has 2 saturated heterocycles. The van der Waals surface area contributed by atoms with Gasteiger partial charge < -0.3 is 42.6 Å². The molecule has 0 spiro atoms. The van der Waals surface area contributed by atoms with E-state index in [0.29, 0.717) is 44.7 Å². The van der Waals surface area contributed by atoms with E-state index in [1.54, 1.807) is 20.3 Å². The average molecular weight is 819 g/mol. The first-order valence-corrected chi connectivity index (χ1v) is 21.8. The van der Waals surface area contributed by atoms with Crippen molar-refractivity contribution in [1.29, 1.82) is 0 Å². The Morgan fingerprint density at radius 1 is 0.644 bits per heavy atom. The fourth-order valence-corrected chi connectivity index (χ4v) is 6.99. The van der Waals surface area contributed by atoms with E-state index < -0.39 is 12.1 Å². The van der Waals surface area contributed by atoms with Crippen molar-refractivity contribution >= 4 is 23.9 Å². The number of methoxy groups -OCH3 is 2. The summed E-state index contributed by atoms with van der Waals surface area (Å²) in [5.41, 5.74) is 2.93. The second-order valence-electron chi connectivity index (χ2n) is 15.2. The molecule has 0 amide bonds. The van der Waals surface area contributed by atoms with Gasteiger partial charge in [0, 0.05) is 44.5 Å². The number of ether oxygens (including phenoxy) is 9. The number of rotatable bonds is 33. The highest BCUT2D eigenvalue weighted by Gasteiger charge is 2.48. The van der Waals surface area contributed by atoms with Gasteiger partial charge in [-0.25, -0.2) is 4.79 Å². The third-order valence-corrected chi connectivity index (χ3v) is 10.5. The summed E-state index contributed by atoms with van der Waals surface area (Å²) >= 11 is 0. The number of esters is 1. The molecule has 2 fully saturated rings. The number of carbonyl (C=O) groups excluding carboxylic acids is 1. The molecule has 0 N–H and O–H groups in total. The van der Waals surface area contributed by atoms with Crippen molar-refractivity contribution in [1.82, 2.24) is 0 Å². The minimum atomic E-state index is -0.445. The molecule has 2 heterocycles. The summed E-state index contributed by atoms with van der Waals surface area (Å²) in [6.45, 7) is 13.1. The number of carbonyl (C=O) groups is 1. The van der Waals surface area contributed by atoms with Gasteiger partial charge in [0.05, 0.1) is 46.2 Å². The third kappa shape index (κ3) is 19.2. The zero-order valence-corrected chi connectivity index (χ0v) is 35.8. The first-order chi connectivity index (χ1) is 29.0. The van der Waals surface area contributed by atoms with Crippen LogP contribution < -0.4 is 4.74 Å². The number of unbranched alkanes of at least 4 members (excludes halogenated alkanes) is 11. The van der Waals surface area contributed by atoms with Crippen LogP contribution in [0.1, 0.15) is 107 Å². The molecule has 0 radical (unpaired) electrons. The van der Waals surface area contributed by atoms with E-state index >= 15 is 0 Å². The molecule has 326 valence electrons. The number of benzene rings is 2. The Labute approximate surface area is 353 Å². The van der Waals surface area contributed by atoms with Crippen LogP contribution in [-0.2, 0) is 42.7 Å². The first kappa shape index (κ1) is 47.6. The van der Waals surface area contributed by atoms with Gasteiger partial charge in [0.15, 0.2) is 6.10 Å². The molecule has 2 aromatic carbocycles. The van der Waals surface area contributed by atoms with E-state index in [9.17, 15) is 4.79 Å². The van der Waals surface area contributed by atoms with Crippen LogP contribution in [0.2, 0.25) is 0 Å². The molecule has 0 aromatic heterocycles. The fraction of sp³-hybridized carbons (Fsp3) is 0.571. The van der Waals surface area contributed by atoms with Crippen LogP contribution in [-0.4, -0.2) is 91.4 Å². The number of hydrogen-bond acceptors (Lipinski definition) is 10. The molecule has 2 aromatic rings. The number of hydrogen-bond donors (Lipinski definition) is 0. The van der Waals surface area contributed by atoms with Gasteiger partial charge >= 0.3 is 5.97 Å². The Balaban J connectivity index is 1.03. The van der Waals surface area contributed by atoms with E-state index in [1.807, 2.05) is 36.4 Å². The van der Waals surface area contributed by atoms with Crippen LogP contribution in [0.3, 0.4) is 0 Å². The smallest absolute Gasteiger partial charge is 0.331 e. The molecule has 10 heteroatoms. The fourth-order valence-electron chi connectivity index (χ4n) is 6.99. The van der Waals surface area contributed by atoms with Crippen LogP contribution in [0.5, 0.6) is 5.75 Å². The maximum absolute atomic E-state index is 12.7. The zero-order chi connectivity index (χ0) is 41.8. The lowest BCUT2D eigenvalue weighted by Gasteiger charge is -2.15. The van der Waals surface area contributed by atoms with Crippen LogP contribution >= 0.6 is 0 Å². The van der Waals surface area contributed by atoms with Crippen molar-refractivity contribution in [3.8, 4) is 5.75 Å². The molecular weight excluding hydrogens is 749 g/mol. The van der Waals surface area contributed by atoms with Crippen molar-refractivity contribution in [3.05, 3.63) is 96.5 Å². The predicted octanol–water partition coefficient (Wildman–Crippen LogP) is 10.4. The van der Waals surface area contributed by atoms with Crippen molar-refractivity contribution in [2.24, 2.45) is 5.92 Å². The van der Waals surface area contributed by atoms with Gasteiger partial charge in [-0.05, 0) is 87.3 Å². The van der Waals surface area contributed by atoms with Crippen LogP contribution in [0.4, 0.5) is 0 Å². The second-order valence-corrected chi connectivity index (χ2v) is 15.2. The van der Waals surface area contributed by atoms with Crippen LogP contribution in [0.25, 0.3) is 17.9 Å². The lowest BCUT2D eigenvalue weighted by Crippen LogP contribution is -2.32. The summed E-state index contributed by atoms with van der Waals surface area (Å²) in [7, 11) is 3.31. The first-order valence-electron chi connectivity index (χ1n) is 21.8. The summed E-state index contributed by atoms with van der Waals surface area (Å²) in [5, 5.41) is 0.